The van der Waals surface area contributed by atoms with E-state index in [9.17, 15) is 4.79 Å². The van der Waals surface area contributed by atoms with Crippen molar-refractivity contribution in [1.82, 2.24) is 0 Å². The van der Waals surface area contributed by atoms with Gasteiger partial charge in [0.2, 0.25) is 0 Å². The van der Waals surface area contributed by atoms with E-state index in [1.54, 1.807) is 36.4 Å². The van der Waals surface area contributed by atoms with Gasteiger partial charge in [0.1, 0.15) is 0 Å². The highest BCUT2D eigenvalue weighted by Gasteiger charge is 2.10. The number of amides is 1. The van der Waals surface area contributed by atoms with E-state index in [1.807, 2.05) is 19.1 Å². The number of aryl methyl sites for hydroxylation is 1. The summed E-state index contributed by atoms with van der Waals surface area (Å²) in [5.74, 6) is -0.265. The lowest BCUT2D eigenvalue weighted by molar-refractivity contribution is 0.102. The molecule has 4 heteroatoms. The standard InChI is InChI=1S/C15H11ClN2O/c1-10-2-7-14(16)13(8-10)15(19)18-12-5-3-11(9-17)4-6-12/h2-8H,1H3,(H,18,19). The number of nitrogens with zero attached hydrogens (tertiary/aromatic N) is 1. The zero-order chi connectivity index (χ0) is 13.8. The average molecular weight is 271 g/mol. The summed E-state index contributed by atoms with van der Waals surface area (Å²) < 4.78 is 0. The molecular formula is C15H11ClN2O. The molecule has 2 rings (SSSR count). The van der Waals surface area contributed by atoms with E-state index in [4.69, 9.17) is 16.9 Å². The first kappa shape index (κ1) is 13.1. The molecule has 1 amide bonds. The van der Waals surface area contributed by atoms with Crippen LogP contribution in [0.2, 0.25) is 5.02 Å². The van der Waals surface area contributed by atoms with Crippen LogP contribution in [0.4, 0.5) is 5.69 Å². The monoisotopic (exact) mass is 270 g/mol. The molecule has 0 saturated carbocycles. The summed E-state index contributed by atoms with van der Waals surface area (Å²) in [7, 11) is 0. The Morgan fingerprint density at radius 1 is 1.21 bits per heavy atom. The van der Waals surface area contributed by atoms with Crippen molar-refractivity contribution in [3.8, 4) is 6.07 Å². The number of benzene rings is 2. The first-order chi connectivity index (χ1) is 9.10. The third-order valence-electron chi connectivity index (χ3n) is 2.64. The number of nitriles is 1. The maximum absolute atomic E-state index is 12.1. The lowest BCUT2D eigenvalue weighted by atomic mass is 10.1. The van der Waals surface area contributed by atoms with Crippen LogP contribution in [0, 0.1) is 18.3 Å². The maximum atomic E-state index is 12.1. The molecule has 94 valence electrons. The normalized spacial score (nSPS) is 9.74. The smallest absolute Gasteiger partial charge is 0.257 e. The molecule has 0 spiro atoms. The Morgan fingerprint density at radius 2 is 1.89 bits per heavy atom. The topological polar surface area (TPSA) is 52.9 Å². The van der Waals surface area contributed by atoms with Crippen LogP contribution < -0.4 is 5.32 Å². The van der Waals surface area contributed by atoms with Crippen molar-refractivity contribution in [2.45, 2.75) is 6.92 Å². The zero-order valence-corrected chi connectivity index (χ0v) is 11.0. The van der Waals surface area contributed by atoms with E-state index >= 15 is 0 Å². The van der Waals surface area contributed by atoms with Gasteiger partial charge in [-0.2, -0.15) is 5.26 Å². The molecule has 0 fully saturated rings. The van der Waals surface area contributed by atoms with Crippen molar-refractivity contribution in [2.75, 3.05) is 5.32 Å². The van der Waals surface area contributed by atoms with Gasteiger partial charge in [-0.05, 0) is 43.3 Å². The Hall–Kier alpha value is -2.31. The second-order valence-electron chi connectivity index (χ2n) is 4.13. The van der Waals surface area contributed by atoms with Crippen LogP contribution in [0.15, 0.2) is 42.5 Å². The summed E-state index contributed by atoms with van der Waals surface area (Å²) in [6.45, 7) is 1.90. The van der Waals surface area contributed by atoms with Crippen LogP contribution in [0.1, 0.15) is 21.5 Å². The number of anilines is 1. The summed E-state index contributed by atoms with van der Waals surface area (Å²) >= 11 is 6.00. The van der Waals surface area contributed by atoms with Gasteiger partial charge in [-0.15, -0.1) is 0 Å². The van der Waals surface area contributed by atoms with E-state index in [0.717, 1.165) is 5.56 Å². The zero-order valence-electron chi connectivity index (χ0n) is 10.3. The predicted octanol–water partition coefficient (Wildman–Crippen LogP) is 3.77. The van der Waals surface area contributed by atoms with E-state index < -0.39 is 0 Å². The Morgan fingerprint density at radius 3 is 2.53 bits per heavy atom. The highest BCUT2D eigenvalue weighted by Crippen LogP contribution is 2.19. The minimum Gasteiger partial charge on any atom is -0.322 e. The molecule has 0 bridgehead atoms. The second kappa shape index (κ2) is 5.55. The number of nitrogens with one attached hydrogen (secondary N) is 1. The molecule has 1 N–H and O–H groups in total. The number of halogens is 1. The minimum absolute atomic E-state index is 0.265. The maximum Gasteiger partial charge on any atom is 0.257 e. The van der Waals surface area contributed by atoms with Crippen LogP contribution in [0.3, 0.4) is 0 Å². The van der Waals surface area contributed by atoms with Crippen LogP contribution in [-0.4, -0.2) is 5.91 Å². The third-order valence-corrected chi connectivity index (χ3v) is 2.97. The van der Waals surface area contributed by atoms with Gasteiger partial charge in [0.25, 0.3) is 5.91 Å². The summed E-state index contributed by atoms with van der Waals surface area (Å²) in [5.41, 5.74) is 2.58. The quantitative estimate of drug-likeness (QED) is 0.903. The van der Waals surface area contributed by atoms with Gasteiger partial charge in [0.15, 0.2) is 0 Å². The highest BCUT2D eigenvalue weighted by molar-refractivity contribution is 6.34. The summed E-state index contributed by atoms with van der Waals surface area (Å²) in [6, 6.07) is 14.0. The number of rotatable bonds is 2. The highest BCUT2D eigenvalue weighted by atomic mass is 35.5. The SMILES string of the molecule is Cc1ccc(Cl)c(C(=O)Nc2ccc(C#N)cc2)c1. The average Bonchev–Trinajstić information content (AvgIpc) is 2.42. The molecule has 0 aliphatic rings. The van der Waals surface area contributed by atoms with Gasteiger partial charge >= 0.3 is 0 Å². The van der Waals surface area contributed by atoms with Crippen molar-refractivity contribution in [3.05, 3.63) is 64.2 Å². The Labute approximate surface area is 116 Å². The fraction of sp³-hybridized carbons (Fsp3) is 0.0667. The number of hydrogen-bond acceptors (Lipinski definition) is 2. The molecule has 0 aromatic heterocycles. The van der Waals surface area contributed by atoms with Gasteiger partial charge in [-0.25, -0.2) is 0 Å². The van der Waals surface area contributed by atoms with Crippen LogP contribution in [0.5, 0.6) is 0 Å². The van der Waals surface area contributed by atoms with E-state index in [-0.39, 0.29) is 5.91 Å². The lowest BCUT2D eigenvalue weighted by Gasteiger charge is -2.07. The molecule has 3 nitrogen and oxygen atoms in total. The summed E-state index contributed by atoms with van der Waals surface area (Å²) in [5, 5.41) is 11.9. The molecule has 2 aromatic rings. The lowest BCUT2D eigenvalue weighted by Crippen LogP contribution is -2.12. The molecule has 0 aliphatic heterocycles. The predicted molar refractivity (Wildman–Crippen MR) is 75.3 cm³/mol. The third kappa shape index (κ3) is 3.12. The molecule has 0 heterocycles. The van der Waals surface area contributed by atoms with Gasteiger partial charge in [-0.1, -0.05) is 23.2 Å². The molecule has 19 heavy (non-hydrogen) atoms. The summed E-state index contributed by atoms with van der Waals surface area (Å²) in [4.78, 5) is 12.1. The van der Waals surface area contributed by atoms with Crippen molar-refractivity contribution in [1.29, 1.82) is 5.26 Å². The molecule has 2 aromatic carbocycles. The van der Waals surface area contributed by atoms with Crippen LogP contribution >= 0.6 is 11.6 Å². The first-order valence-corrected chi connectivity index (χ1v) is 6.05. The fourth-order valence-corrected chi connectivity index (χ4v) is 1.84. The molecule has 0 unspecified atom stereocenters. The number of hydrogen-bond donors (Lipinski definition) is 1. The Balaban J connectivity index is 2.21. The molecule has 0 saturated heterocycles. The van der Waals surface area contributed by atoms with Gasteiger partial charge < -0.3 is 5.32 Å². The molecule has 0 aliphatic carbocycles. The van der Waals surface area contributed by atoms with Crippen LogP contribution in [0.25, 0.3) is 0 Å². The Bertz CT molecular complexity index is 657. The van der Waals surface area contributed by atoms with Gasteiger partial charge in [0.05, 0.1) is 22.2 Å². The molecule has 0 radical (unpaired) electrons. The largest absolute Gasteiger partial charge is 0.322 e. The molecular weight excluding hydrogens is 260 g/mol. The Kier molecular flexibility index (Phi) is 3.84. The van der Waals surface area contributed by atoms with Crippen molar-refractivity contribution in [3.63, 3.8) is 0 Å². The van der Waals surface area contributed by atoms with E-state index in [1.165, 1.54) is 0 Å². The van der Waals surface area contributed by atoms with Crippen molar-refractivity contribution in [2.24, 2.45) is 0 Å². The van der Waals surface area contributed by atoms with Crippen molar-refractivity contribution < 1.29 is 4.79 Å². The van der Waals surface area contributed by atoms with Crippen molar-refractivity contribution >= 4 is 23.2 Å². The molecule has 0 atom stereocenters. The first-order valence-electron chi connectivity index (χ1n) is 5.68. The second-order valence-corrected chi connectivity index (χ2v) is 4.53. The summed E-state index contributed by atoms with van der Waals surface area (Å²) in [6.07, 6.45) is 0. The fourth-order valence-electron chi connectivity index (χ4n) is 1.64. The number of carbonyl (C=O) groups excluding carboxylic acids is 1. The van der Waals surface area contributed by atoms with Gasteiger partial charge in [0, 0.05) is 5.69 Å². The van der Waals surface area contributed by atoms with Crippen LogP contribution in [-0.2, 0) is 0 Å². The minimum atomic E-state index is -0.265. The van der Waals surface area contributed by atoms with E-state index in [2.05, 4.69) is 5.32 Å². The van der Waals surface area contributed by atoms with Gasteiger partial charge in [-0.3, -0.25) is 4.79 Å². The number of carbonyl (C=O) groups is 1. The van der Waals surface area contributed by atoms with E-state index in [0.29, 0.717) is 21.8 Å².